The molecule has 0 saturated heterocycles. The number of benzene rings is 4. The molecule has 18 heteroatoms. The minimum absolute atomic E-state index is 0.0708. The summed E-state index contributed by atoms with van der Waals surface area (Å²) in [6.45, 7) is 0.0984. The highest BCUT2D eigenvalue weighted by molar-refractivity contribution is 6.31. The van der Waals surface area contributed by atoms with Gasteiger partial charge in [-0.15, -0.1) is 0 Å². The average Bonchev–Trinajstić information content (AvgIpc) is 4.03. The molecule has 6 aromatic heterocycles. The van der Waals surface area contributed by atoms with Gasteiger partial charge in [-0.2, -0.15) is 0 Å². The predicted molar refractivity (Wildman–Crippen MR) is 253 cm³/mol. The van der Waals surface area contributed by atoms with Crippen LogP contribution in [0.4, 0.5) is 13.2 Å². The lowest BCUT2D eigenvalue weighted by atomic mass is 10.1. The van der Waals surface area contributed by atoms with Gasteiger partial charge in [-0.25, -0.2) is 23.9 Å². The average molecular weight is 946 g/mol. The van der Waals surface area contributed by atoms with Crippen molar-refractivity contribution in [2.75, 3.05) is 20.0 Å². The highest BCUT2D eigenvalue weighted by Gasteiger charge is 2.22. The third-order valence-electron chi connectivity index (χ3n) is 12.1. The van der Waals surface area contributed by atoms with Crippen molar-refractivity contribution in [1.29, 1.82) is 0 Å². The van der Waals surface area contributed by atoms with Crippen LogP contribution in [0.3, 0.4) is 0 Å². The molecule has 0 bridgehead atoms. The summed E-state index contributed by atoms with van der Waals surface area (Å²) in [6.07, 6.45) is 7.86. The van der Waals surface area contributed by atoms with E-state index in [0.29, 0.717) is 104 Å². The first-order valence-electron chi connectivity index (χ1n) is 21.7. The summed E-state index contributed by atoms with van der Waals surface area (Å²) >= 11 is 12.7. The van der Waals surface area contributed by atoms with Gasteiger partial charge in [0.25, 0.3) is 0 Å². The highest BCUT2D eigenvalue weighted by atomic mass is 35.5. The van der Waals surface area contributed by atoms with Gasteiger partial charge in [0.1, 0.15) is 23.2 Å². The Morgan fingerprint density at radius 1 is 0.582 bits per heavy atom. The number of hydrogen-bond donors (Lipinski definition) is 0. The second-order valence-electron chi connectivity index (χ2n) is 16.2. The van der Waals surface area contributed by atoms with Crippen molar-refractivity contribution in [3.05, 3.63) is 170 Å². The van der Waals surface area contributed by atoms with Gasteiger partial charge in [-0.05, 0) is 116 Å². The lowest BCUT2D eigenvalue weighted by molar-refractivity contribution is 0.202. The molecule has 0 aliphatic carbocycles. The van der Waals surface area contributed by atoms with Gasteiger partial charge in [-0.3, -0.25) is 37.0 Å². The molecule has 340 valence electrons. The molecule has 1 unspecified atom stereocenters. The van der Waals surface area contributed by atoms with E-state index >= 15 is 0 Å². The van der Waals surface area contributed by atoms with Crippen molar-refractivity contribution >= 4 is 67.3 Å². The zero-order valence-corrected chi connectivity index (χ0v) is 37.3. The van der Waals surface area contributed by atoms with Crippen LogP contribution in [-0.2, 0) is 26.2 Å². The smallest absolute Gasteiger partial charge is 0.334 e. The van der Waals surface area contributed by atoms with Crippen molar-refractivity contribution in [3.63, 3.8) is 0 Å². The third kappa shape index (κ3) is 8.46. The second kappa shape index (κ2) is 18.6. The van der Waals surface area contributed by atoms with E-state index in [0.717, 1.165) is 11.0 Å². The van der Waals surface area contributed by atoms with Crippen LogP contribution in [0, 0.1) is 11.7 Å². The molecule has 4 aromatic carbocycles. The molecule has 1 atom stereocenters. The van der Waals surface area contributed by atoms with Crippen LogP contribution in [-0.4, -0.2) is 67.3 Å². The first-order chi connectivity index (χ1) is 32.7. The lowest BCUT2D eigenvalue weighted by Crippen LogP contribution is -2.25. The van der Waals surface area contributed by atoms with Crippen molar-refractivity contribution in [1.82, 2.24) is 47.3 Å². The first-order valence-corrected chi connectivity index (χ1v) is 22.5. The Labute approximate surface area is 389 Å². The maximum atomic E-state index is 14.8. The highest BCUT2D eigenvalue weighted by Crippen LogP contribution is 2.27. The molecule has 67 heavy (non-hydrogen) atoms. The molecule has 0 amide bonds. The van der Waals surface area contributed by atoms with Gasteiger partial charge in [0, 0.05) is 41.4 Å². The molecule has 0 radical (unpaired) electrons. The van der Waals surface area contributed by atoms with E-state index < -0.39 is 25.1 Å². The van der Waals surface area contributed by atoms with E-state index in [1.165, 1.54) is 16.7 Å². The van der Waals surface area contributed by atoms with Gasteiger partial charge in [0.2, 0.25) is 0 Å². The Morgan fingerprint density at radius 2 is 1.10 bits per heavy atom. The third-order valence-corrected chi connectivity index (χ3v) is 12.5. The molecule has 13 nitrogen and oxygen atoms in total. The quantitative estimate of drug-likeness (QED) is 0.0833. The molecular weight excluding hydrogens is 905 g/mol. The molecular formula is C49H41Cl2F3N10O3. The van der Waals surface area contributed by atoms with Crippen molar-refractivity contribution in [2.45, 2.75) is 45.4 Å². The Bertz CT molecular complexity index is 3540. The minimum Gasteiger partial charge on any atom is -0.493 e. The summed E-state index contributed by atoms with van der Waals surface area (Å²) in [5.74, 6) is 0.763. The Hall–Kier alpha value is -7.17. The molecule has 0 aliphatic heterocycles. The fourth-order valence-corrected chi connectivity index (χ4v) is 9.05. The monoisotopic (exact) mass is 944 g/mol. The van der Waals surface area contributed by atoms with E-state index in [1.807, 2.05) is 21.3 Å². The fraction of sp³-hybridized carbons (Fsp3) is 0.224. The number of halogens is 5. The standard InChI is InChI=1S/C49H41Cl2F3N10O3/c50-32-3-13-40-38(23-32)57-46(59(40)21-2-1-18-52)28-61-45-27-56-20-16-43(45)64(49(61)66)36-9-11-37(12-10-36)67-30-31(25-53)17-22-60-41-14-4-33(51)24-39(41)58-47(60)29-62-44-26-55-19-15-42(44)63(48(62)65)35-7-5-34(54)6-8-35/h3-16,19-20,23-24,26-27,31H,1-2,17-18,21-22,25,28-30H2. The molecule has 6 heterocycles. The zero-order valence-electron chi connectivity index (χ0n) is 35.8. The summed E-state index contributed by atoms with van der Waals surface area (Å²) in [5, 5.41) is 1.04. The number of unbranched alkanes of at least 4 members (excludes halogenated alkanes) is 1. The number of aryl methyl sites for hydroxylation is 2. The van der Waals surface area contributed by atoms with Crippen LogP contribution >= 0.6 is 23.2 Å². The zero-order chi connectivity index (χ0) is 46.2. The molecule has 0 saturated carbocycles. The van der Waals surface area contributed by atoms with Crippen molar-refractivity contribution in [2.24, 2.45) is 5.92 Å². The van der Waals surface area contributed by atoms with Crippen molar-refractivity contribution in [3.8, 4) is 17.1 Å². The van der Waals surface area contributed by atoms with E-state index in [2.05, 4.69) is 9.97 Å². The van der Waals surface area contributed by atoms with Crippen molar-refractivity contribution < 1.29 is 17.9 Å². The van der Waals surface area contributed by atoms with E-state index in [1.54, 1.807) is 111 Å². The molecule has 10 rings (SSSR count). The topological polar surface area (TPSA) is 125 Å². The Balaban J connectivity index is 0.874. The van der Waals surface area contributed by atoms with Crippen LogP contribution in [0.25, 0.3) is 55.5 Å². The van der Waals surface area contributed by atoms with Crippen LogP contribution in [0.2, 0.25) is 10.0 Å². The summed E-state index contributed by atoms with van der Waals surface area (Å²) in [6, 6.07) is 27.1. The number of rotatable bonds is 17. The largest absolute Gasteiger partial charge is 0.493 e. The van der Waals surface area contributed by atoms with Gasteiger partial charge in [0.05, 0.1) is 101 Å². The SMILES string of the molecule is O=c1n(Cc2nc3cc(Cl)ccc3n2CCCCF)c2cnccc2n1-c1ccc(OCC(CF)CCn2c(Cn3c(=O)n(-c4ccc(F)cc4)c4ccncc43)nc3cc(Cl)ccc32)cc1. The number of imidazole rings is 4. The van der Waals surface area contributed by atoms with Crippen LogP contribution in [0.5, 0.6) is 5.75 Å². The van der Waals surface area contributed by atoms with E-state index in [4.69, 9.17) is 37.9 Å². The summed E-state index contributed by atoms with van der Waals surface area (Å²) in [5.41, 5.74) is 5.77. The molecule has 0 fully saturated rings. The van der Waals surface area contributed by atoms with Gasteiger partial charge in [0.15, 0.2) is 0 Å². The van der Waals surface area contributed by atoms with Gasteiger partial charge < -0.3 is 13.9 Å². The number of hydrogen-bond acceptors (Lipinski definition) is 7. The number of alkyl halides is 2. The first kappa shape index (κ1) is 43.7. The van der Waals surface area contributed by atoms with E-state index in [9.17, 15) is 22.8 Å². The molecule has 0 spiro atoms. The second-order valence-corrected chi connectivity index (χ2v) is 17.1. The summed E-state index contributed by atoms with van der Waals surface area (Å²) in [7, 11) is 0. The normalized spacial score (nSPS) is 12.3. The molecule has 0 N–H and O–H groups in total. The lowest BCUT2D eigenvalue weighted by Gasteiger charge is -2.17. The number of fused-ring (bicyclic) bond motifs is 4. The molecule has 10 aromatic rings. The fourth-order valence-electron chi connectivity index (χ4n) is 8.72. The maximum Gasteiger partial charge on any atom is 0.334 e. The summed E-state index contributed by atoms with van der Waals surface area (Å²) < 4.78 is 58.1. The predicted octanol–water partition coefficient (Wildman–Crippen LogP) is 9.73. The number of nitrogens with zero attached hydrogens (tertiary/aromatic N) is 10. The molecule has 0 aliphatic rings. The maximum absolute atomic E-state index is 14.8. The Kier molecular flexibility index (Phi) is 12.1. The van der Waals surface area contributed by atoms with Gasteiger partial charge >= 0.3 is 11.4 Å². The number of aromatic nitrogens is 10. The summed E-state index contributed by atoms with van der Waals surface area (Å²) in [4.78, 5) is 46.7. The minimum atomic E-state index is -0.651. The Morgan fingerprint density at radius 3 is 1.63 bits per heavy atom. The van der Waals surface area contributed by atoms with Crippen LogP contribution in [0.1, 0.15) is 30.9 Å². The van der Waals surface area contributed by atoms with Crippen LogP contribution in [0.15, 0.2) is 131 Å². The number of pyridine rings is 2. The van der Waals surface area contributed by atoms with E-state index in [-0.39, 0.29) is 31.1 Å². The number of ether oxygens (including phenoxy) is 1. The van der Waals surface area contributed by atoms with Gasteiger partial charge in [-0.1, -0.05) is 23.2 Å². The van der Waals surface area contributed by atoms with Crippen LogP contribution < -0.4 is 16.1 Å².